The third-order valence-corrected chi connectivity index (χ3v) is 8.87. The van der Waals surface area contributed by atoms with Crippen molar-refractivity contribution in [3.05, 3.63) is 24.3 Å². The van der Waals surface area contributed by atoms with Gasteiger partial charge in [0.15, 0.2) is 0 Å². The molecule has 1 aliphatic carbocycles. The molecule has 5 rings (SSSR count). The molecular formula is C28H39N3O6. The van der Waals surface area contributed by atoms with Crippen LogP contribution in [0.25, 0.3) is 0 Å². The number of carbonyl (C=O) groups is 3. The van der Waals surface area contributed by atoms with Crippen LogP contribution in [0.5, 0.6) is 5.75 Å². The molecule has 3 amide bonds. The van der Waals surface area contributed by atoms with Gasteiger partial charge >= 0.3 is 0 Å². The van der Waals surface area contributed by atoms with E-state index >= 15 is 0 Å². The number of nitrogens with zero attached hydrogens (tertiary/aromatic N) is 1. The van der Waals surface area contributed by atoms with Gasteiger partial charge in [-0.15, -0.1) is 0 Å². The van der Waals surface area contributed by atoms with E-state index in [9.17, 15) is 19.5 Å². The van der Waals surface area contributed by atoms with E-state index in [0.717, 1.165) is 25.7 Å². The zero-order valence-electron chi connectivity index (χ0n) is 22.0. The van der Waals surface area contributed by atoms with Gasteiger partial charge in [-0.05, 0) is 70.7 Å². The molecule has 9 nitrogen and oxygen atoms in total. The Morgan fingerprint density at radius 3 is 2.51 bits per heavy atom. The van der Waals surface area contributed by atoms with Crippen LogP contribution in [0.1, 0.15) is 65.7 Å². The van der Waals surface area contributed by atoms with Crippen LogP contribution in [0, 0.1) is 11.8 Å². The number of nitrogens with one attached hydrogen (secondary N) is 2. The first-order valence-corrected chi connectivity index (χ1v) is 13.7. The summed E-state index contributed by atoms with van der Waals surface area (Å²) >= 11 is 0. The first-order valence-electron chi connectivity index (χ1n) is 13.7. The van der Waals surface area contributed by atoms with Crippen molar-refractivity contribution in [3.63, 3.8) is 0 Å². The highest BCUT2D eigenvalue weighted by Crippen LogP contribution is 2.63. The summed E-state index contributed by atoms with van der Waals surface area (Å²) in [4.78, 5) is 42.9. The van der Waals surface area contributed by atoms with E-state index in [4.69, 9.17) is 9.47 Å². The van der Waals surface area contributed by atoms with E-state index in [-0.39, 0.29) is 30.4 Å². The van der Waals surface area contributed by atoms with Crippen molar-refractivity contribution in [1.82, 2.24) is 10.2 Å². The van der Waals surface area contributed by atoms with Crippen LogP contribution in [0.4, 0.5) is 5.69 Å². The molecule has 9 heteroatoms. The van der Waals surface area contributed by atoms with Crippen LogP contribution in [-0.2, 0) is 19.1 Å². The second-order valence-corrected chi connectivity index (χ2v) is 11.3. The van der Waals surface area contributed by atoms with Crippen molar-refractivity contribution in [3.8, 4) is 5.75 Å². The SMILES string of the molecule is CCOc1ccc(NC(=O)[C@@H]2[C@H]3C(=O)N([C@H](C)CO)C(C(=O)NC4CCCCC4)C34CC[C@@]2(C)O4)cc1. The van der Waals surface area contributed by atoms with Crippen LogP contribution in [0.3, 0.4) is 0 Å². The van der Waals surface area contributed by atoms with Crippen LogP contribution < -0.4 is 15.4 Å². The minimum atomic E-state index is -1.09. The summed E-state index contributed by atoms with van der Waals surface area (Å²) < 4.78 is 12.1. The summed E-state index contributed by atoms with van der Waals surface area (Å²) in [5.41, 5.74) is -1.34. The Kier molecular flexibility index (Phi) is 6.96. The molecule has 4 aliphatic rings. The molecule has 1 aromatic carbocycles. The number of likely N-dealkylation sites (tertiary alicyclic amines) is 1. The Bertz CT molecular complexity index is 1040. The molecule has 6 atom stereocenters. The monoisotopic (exact) mass is 513 g/mol. The molecular weight excluding hydrogens is 474 g/mol. The number of amides is 3. The van der Waals surface area contributed by atoms with Gasteiger partial charge in [-0.2, -0.15) is 0 Å². The molecule has 3 saturated heterocycles. The number of benzene rings is 1. The van der Waals surface area contributed by atoms with Crippen molar-refractivity contribution >= 4 is 23.4 Å². The summed E-state index contributed by atoms with van der Waals surface area (Å²) in [7, 11) is 0. The Morgan fingerprint density at radius 1 is 1.16 bits per heavy atom. The summed E-state index contributed by atoms with van der Waals surface area (Å²) in [5, 5.41) is 16.1. The van der Waals surface area contributed by atoms with Gasteiger partial charge in [-0.1, -0.05) is 19.3 Å². The van der Waals surface area contributed by atoms with E-state index in [1.54, 1.807) is 31.2 Å². The van der Waals surface area contributed by atoms with Gasteiger partial charge in [0.2, 0.25) is 17.7 Å². The van der Waals surface area contributed by atoms with E-state index in [0.29, 0.717) is 30.9 Å². The minimum absolute atomic E-state index is 0.0750. The fourth-order valence-electron chi connectivity index (χ4n) is 7.17. The fraction of sp³-hybridized carbons (Fsp3) is 0.679. The Morgan fingerprint density at radius 2 is 1.86 bits per heavy atom. The number of ether oxygens (including phenoxy) is 2. The van der Waals surface area contributed by atoms with Gasteiger partial charge in [0, 0.05) is 11.7 Å². The summed E-state index contributed by atoms with van der Waals surface area (Å²) in [5.74, 6) is -1.65. The Labute approximate surface area is 218 Å². The van der Waals surface area contributed by atoms with Gasteiger partial charge in [0.1, 0.15) is 17.4 Å². The fourth-order valence-corrected chi connectivity index (χ4v) is 7.17. The molecule has 2 bridgehead atoms. The molecule has 1 spiro atoms. The average molecular weight is 514 g/mol. The van der Waals surface area contributed by atoms with Gasteiger partial charge < -0.3 is 30.1 Å². The smallest absolute Gasteiger partial charge is 0.246 e. The van der Waals surface area contributed by atoms with Gasteiger partial charge in [0.05, 0.1) is 36.7 Å². The van der Waals surface area contributed by atoms with Crippen LogP contribution in [-0.4, -0.2) is 70.3 Å². The average Bonchev–Trinajstić information content (AvgIpc) is 3.46. The van der Waals surface area contributed by atoms with Crippen molar-refractivity contribution in [2.75, 3.05) is 18.5 Å². The molecule has 1 saturated carbocycles. The predicted molar refractivity (Wildman–Crippen MR) is 137 cm³/mol. The molecule has 0 aromatic heterocycles. The first kappa shape index (κ1) is 26.0. The normalized spacial score (nSPS) is 33.8. The lowest BCUT2D eigenvalue weighted by Crippen LogP contribution is -2.59. The molecule has 2 unspecified atom stereocenters. The molecule has 1 aromatic rings. The third-order valence-electron chi connectivity index (χ3n) is 8.87. The largest absolute Gasteiger partial charge is 0.494 e. The number of rotatable bonds is 8. The summed E-state index contributed by atoms with van der Waals surface area (Å²) in [6.45, 7) is 5.80. The topological polar surface area (TPSA) is 117 Å². The van der Waals surface area contributed by atoms with Crippen molar-refractivity contribution in [2.45, 2.75) is 95.0 Å². The van der Waals surface area contributed by atoms with Crippen LogP contribution in [0.15, 0.2) is 24.3 Å². The maximum Gasteiger partial charge on any atom is 0.246 e. The van der Waals surface area contributed by atoms with E-state index in [1.807, 2.05) is 13.8 Å². The maximum absolute atomic E-state index is 14.0. The summed E-state index contributed by atoms with van der Waals surface area (Å²) in [6.07, 6.45) is 6.24. The van der Waals surface area contributed by atoms with Crippen molar-refractivity contribution in [1.29, 1.82) is 0 Å². The zero-order chi connectivity index (χ0) is 26.4. The lowest BCUT2D eigenvalue weighted by Gasteiger charge is -2.37. The number of fused-ring (bicyclic) bond motifs is 1. The third kappa shape index (κ3) is 4.30. The first-order chi connectivity index (χ1) is 17.7. The lowest BCUT2D eigenvalue weighted by atomic mass is 9.66. The quantitative estimate of drug-likeness (QED) is 0.492. The standard InChI is InChI=1S/C28H39N3O6/c1-4-36-20-12-10-19(11-13-20)29-24(33)21-22-26(35)31(17(2)16-32)23(28(22)15-14-27(21,3)37-28)25(34)30-18-8-6-5-7-9-18/h10-13,17-18,21-23,32H,4-9,14-16H2,1-3H3,(H,29,33)(H,30,34)/t17-,21+,22+,23?,27-,28?/m1/s1. The lowest BCUT2D eigenvalue weighted by molar-refractivity contribution is -0.148. The second-order valence-electron chi connectivity index (χ2n) is 11.3. The predicted octanol–water partition coefficient (Wildman–Crippen LogP) is 2.62. The van der Waals surface area contributed by atoms with Gasteiger partial charge in [0.25, 0.3) is 0 Å². The van der Waals surface area contributed by atoms with E-state index in [2.05, 4.69) is 10.6 Å². The molecule has 4 fully saturated rings. The number of aliphatic hydroxyl groups excluding tert-OH is 1. The maximum atomic E-state index is 14.0. The number of carbonyl (C=O) groups excluding carboxylic acids is 3. The minimum Gasteiger partial charge on any atom is -0.494 e. The highest BCUT2D eigenvalue weighted by atomic mass is 16.5. The highest BCUT2D eigenvalue weighted by molar-refractivity contribution is 6.02. The van der Waals surface area contributed by atoms with Crippen molar-refractivity contribution < 1.29 is 29.0 Å². The number of hydrogen-bond acceptors (Lipinski definition) is 6. The number of aliphatic hydroxyl groups is 1. The highest BCUT2D eigenvalue weighted by Gasteiger charge is 2.78. The summed E-state index contributed by atoms with van der Waals surface area (Å²) in [6, 6.07) is 5.75. The van der Waals surface area contributed by atoms with Gasteiger partial charge in [-0.3, -0.25) is 14.4 Å². The second kappa shape index (κ2) is 9.91. The van der Waals surface area contributed by atoms with E-state index < -0.39 is 35.1 Å². The molecule has 202 valence electrons. The van der Waals surface area contributed by atoms with E-state index in [1.165, 1.54) is 11.3 Å². The molecule has 0 radical (unpaired) electrons. The van der Waals surface area contributed by atoms with Crippen molar-refractivity contribution in [2.24, 2.45) is 11.8 Å². The number of anilines is 1. The van der Waals surface area contributed by atoms with Gasteiger partial charge in [-0.25, -0.2) is 0 Å². The molecule has 3 aliphatic heterocycles. The number of hydrogen-bond donors (Lipinski definition) is 3. The van der Waals surface area contributed by atoms with Crippen LogP contribution >= 0.6 is 0 Å². The molecule has 3 heterocycles. The zero-order valence-corrected chi connectivity index (χ0v) is 22.0. The molecule has 3 N–H and O–H groups in total. The molecule has 37 heavy (non-hydrogen) atoms. The van der Waals surface area contributed by atoms with Crippen LogP contribution in [0.2, 0.25) is 0 Å². The Hall–Kier alpha value is -2.65. The Balaban J connectivity index is 1.43.